The van der Waals surface area contributed by atoms with E-state index in [4.69, 9.17) is 4.74 Å². The molecule has 154 valence electrons. The lowest BCUT2D eigenvalue weighted by atomic mass is 9.93. The first kappa shape index (κ1) is 20.8. The van der Waals surface area contributed by atoms with E-state index in [1.807, 2.05) is 35.2 Å². The zero-order chi connectivity index (χ0) is 21.0. The molecular weight excluding hydrogens is 373 g/mol. The van der Waals surface area contributed by atoms with Crippen LogP contribution < -0.4 is 10.1 Å². The second kappa shape index (κ2) is 8.61. The maximum atomic E-state index is 13.4. The van der Waals surface area contributed by atoms with Gasteiger partial charge in [-0.05, 0) is 62.2 Å². The van der Waals surface area contributed by atoms with E-state index in [0.29, 0.717) is 19.4 Å². The molecule has 2 aromatic rings. The second-order valence-corrected chi connectivity index (χ2v) is 7.63. The van der Waals surface area contributed by atoms with Crippen LogP contribution in [-0.4, -0.2) is 48.1 Å². The highest BCUT2D eigenvalue weighted by atomic mass is 19.1. The first-order valence-corrected chi connectivity index (χ1v) is 9.51. The van der Waals surface area contributed by atoms with Crippen LogP contribution in [-0.2, 0) is 17.8 Å². The zero-order valence-electron chi connectivity index (χ0n) is 16.9. The number of imide groups is 1. The van der Waals surface area contributed by atoms with Crippen molar-refractivity contribution < 1.29 is 18.7 Å². The van der Waals surface area contributed by atoms with Gasteiger partial charge in [0.25, 0.3) is 5.91 Å². The van der Waals surface area contributed by atoms with Gasteiger partial charge in [-0.3, -0.25) is 9.69 Å². The topological polar surface area (TPSA) is 61.9 Å². The highest BCUT2D eigenvalue weighted by Gasteiger charge is 2.47. The molecule has 0 bridgehead atoms. The van der Waals surface area contributed by atoms with E-state index in [1.165, 1.54) is 17.0 Å². The van der Waals surface area contributed by atoms with Gasteiger partial charge in [0.15, 0.2) is 0 Å². The summed E-state index contributed by atoms with van der Waals surface area (Å²) in [6.45, 7) is 2.32. The molecule has 3 amide bonds. The van der Waals surface area contributed by atoms with Crippen molar-refractivity contribution in [3.05, 3.63) is 65.5 Å². The Morgan fingerprint density at radius 3 is 2.52 bits per heavy atom. The maximum Gasteiger partial charge on any atom is 0.326 e. The van der Waals surface area contributed by atoms with Crippen LogP contribution in [0.25, 0.3) is 0 Å². The lowest BCUT2D eigenvalue weighted by molar-refractivity contribution is -0.132. The quantitative estimate of drug-likeness (QED) is 0.693. The highest BCUT2D eigenvalue weighted by molar-refractivity contribution is 6.06. The number of rotatable bonds is 8. The van der Waals surface area contributed by atoms with Crippen molar-refractivity contribution in [2.75, 3.05) is 20.8 Å². The van der Waals surface area contributed by atoms with Gasteiger partial charge in [-0.2, -0.15) is 0 Å². The number of hydrogen-bond acceptors (Lipinski definition) is 4. The Balaban J connectivity index is 1.60. The third-order valence-corrected chi connectivity index (χ3v) is 5.14. The number of carbonyl (C=O) groups excluding carboxylic acids is 2. The molecule has 0 saturated carbocycles. The lowest BCUT2D eigenvalue weighted by Gasteiger charge is -2.24. The summed E-state index contributed by atoms with van der Waals surface area (Å²) in [5.74, 6) is 0.219. The third kappa shape index (κ3) is 4.92. The molecule has 0 aliphatic carbocycles. The van der Waals surface area contributed by atoms with Crippen molar-refractivity contribution in [3.8, 4) is 5.75 Å². The first-order valence-electron chi connectivity index (χ1n) is 9.51. The first-order chi connectivity index (χ1) is 13.8. The number of benzene rings is 2. The SMILES string of the molecule is COc1ccc(CC[C@]2(C)NC(=O)N(CN(C)Cc3cccc(F)c3)C2=O)cc1. The van der Waals surface area contributed by atoms with E-state index < -0.39 is 11.6 Å². The smallest absolute Gasteiger partial charge is 0.326 e. The number of ether oxygens (including phenoxy) is 1. The van der Waals surface area contributed by atoms with Gasteiger partial charge in [0.2, 0.25) is 0 Å². The molecule has 1 atom stereocenters. The molecule has 1 saturated heterocycles. The van der Waals surface area contributed by atoms with Crippen molar-refractivity contribution in [3.63, 3.8) is 0 Å². The molecule has 0 spiro atoms. The Labute approximate surface area is 170 Å². The summed E-state index contributed by atoms with van der Waals surface area (Å²) in [7, 11) is 3.40. The average molecular weight is 399 g/mol. The standard InChI is InChI=1S/C22H26FN3O3/c1-22(12-11-16-7-9-19(29-3)10-8-16)20(27)26(21(28)24-22)15-25(2)14-17-5-4-6-18(23)13-17/h4-10,13H,11-12,14-15H2,1-3H3,(H,24,28)/t22-/m0/s1. The van der Waals surface area contributed by atoms with E-state index in [9.17, 15) is 14.0 Å². The van der Waals surface area contributed by atoms with Gasteiger partial charge < -0.3 is 10.1 Å². The van der Waals surface area contributed by atoms with Crippen LogP contribution in [0, 0.1) is 5.82 Å². The van der Waals surface area contributed by atoms with Crippen molar-refractivity contribution in [1.29, 1.82) is 0 Å². The third-order valence-electron chi connectivity index (χ3n) is 5.14. The number of carbonyl (C=O) groups is 2. The minimum Gasteiger partial charge on any atom is -0.497 e. The molecule has 29 heavy (non-hydrogen) atoms. The molecule has 0 unspecified atom stereocenters. The van der Waals surface area contributed by atoms with Crippen molar-refractivity contribution in [2.45, 2.75) is 31.8 Å². The minimum absolute atomic E-state index is 0.138. The maximum absolute atomic E-state index is 13.4. The molecule has 2 aromatic carbocycles. The predicted molar refractivity (Wildman–Crippen MR) is 108 cm³/mol. The molecule has 3 rings (SSSR count). The fourth-order valence-corrected chi connectivity index (χ4v) is 3.47. The molecule has 1 N–H and O–H groups in total. The van der Waals surface area contributed by atoms with Gasteiger partial charge >= 0.3 is 6.03 Å². The number of methoxy groups -OCH3 is 1. The zero-order valence-corrected chi connectivity index (χ0v) is 16.9. The van der Waals surface area contributed by atoms with Crippen LogP contribution in [0.2, 0.25) is 0 Å². The molecular formula is C22H26FN3O3. The number of nitrogens with zero attached hydrogens (tertiary/aromatic N) is 2. The normalized spacial score (nSPS) is 19.0. The van der Waals surface area contributed by atoms with E-state index in [-0.39, 0.29) is 18.4 Å². The Morgan fingerprint density at radius 2 is 1.86 bits per heavy atom. The van der Waals surface area contributed by atoms with Crippen LogP contribution in [0.1, 0.15) is 24.5 Å². The van der Waals surface area contributed by atoms with Gasteiger partial charge in [-0.25, -0.2) is 14.1 Å². The lowest BCUT2D eigenvalue weighted by Crippen LogP contribution is -2.45. The van der Waals surface area contributed by atoms with E-state index in [1.54, 1.807) is 27.1 Å². The van der Waals surface area contributed by atoms with Crippen LogP contribution in [0.15, 0.2) is 48.5 Å². The summed E-state index contributed by atoms with van der Waals surface area (Å²) in [5, 5.41) is 2.83. The van der Waals surface area contributed by atoms with Crippen molar-refractivity contribution in [2.24, 2.45) is 0 Å². The number of amides is 3. The van der Waals surface area contributed by atoms with Crippen LogP contribution in [0.3, 0.4) is 0 Å². The number of nitrogens with one attached hydrogen (secondary N) is 1. The fraction of sp³-hybridized carbons (Fsp3) is 0.364. The molecule has 7 heteroatoms. The molecule has 6 nitrogen and oxygen atoms in total. The monoisotopic (exact) mass is 399 g/mol. The molecule has 1 fully saturated rings. The average Bonchev–Trinajstić information content (AvgIpc) is 2.90. The van der Waals surface area contributed by atoms with Crippen molar-refractivity contribution >= 4 is 11.9 Å². The number of halogens is 1. The fourth-order valence-electron chi connectivity index (χ4n) is 3.47. The summed E-state index contributed by atoms with van der Waals surface area (Å²) in [4.78, 5) is 28.4. The van der Waals surface area contributed by atoms with Gasteiger partial charge in [-0.15, -0.1) is 0 Å². The number of urea groups is 1. The van der Waals surface area contributed by atoms with Crippen LogP contribution in [0.4, 0.5) is 9.18 Å². The van der Waals surface area contributed by atoms with E-state index in [0.717, 1.165) is 16.9 Å². The van der Waals surface area contributed by atoms with Gasteiger partial charge in [0.1, 0.15) is 17.1 Å². The van der Waals surface area contributed by atoms with Crippen molar-refractivity contribution in [1.82, 2.24) is 15.1 Å². The molecule has 0 radical (unpaired) electrons. The summed E-state index contributed by atoms with van der Waals surface area (Å²) in [6, 6.07) is 13.5. The summed E-state index contributed by atoms with van der Waals surface area (Å²) in [6.07, 6.45) is 1.15. The van der Waals surface area contributed by atoms with Gasteiger partial charge in [0.05, 0.1) is 13.8 Å². The molecule has 1 aliphatic heterocycles. The number of hydrogen-bond donors (Lipinski definition) is 1. The van der Waals surface area contributed by atoms with E-state index >= 15 is 0 Å². The second-order valence-electron chi connectivity index (χ2n) is 7.63. The largest absolute Gasteiger partial charge is 0.497 e. The summed E-state index contributed by atoms with van der Waals surface area (Å²) >= 11 is 0. The summed E-state index contributed by atoms with van der Waals surface area (Å²) < 4.78 is 18.5. The Kier molecular flexibility index (Phi) is 6.17. The summed E-state index contributed by atoms with van der Waals surface area (Å²) in [5.41, 5.74) is 0.897. The Bertz CT molecular complexity index is 887. The Hall–Kier alpha value is -2.93. The minimum atomic E-state index is -0.948. The Morgan fingerprint density at radius 1 is 1.14 bits per heavy atom. The molecule has 1 aliphatic rings. The van der Waals surface area contributed by atoms with Gasteiger partial charge in [-0.1, -0.05) is 24.3 Å². The highest BCUT2D eigenvalue weighted by Crippen LogP contribution is 2.24. The van der Waals surface area contributed by atoms with Crippen LogP contribution in [0.5, 0.6) is 5.75 Å². The van der Waals surface area contributed by atoms with Crippen LogP contribution >= 0.6 is 0 Å². The van der Waals surface area contributed by atoms with Gasteiger partial charge in [0, 0.05) is 6.54 Å². The van der Waals surface area contributed by atoms with E-state index in [2.05, 4.69) is 5.32 Å². The molecule has 0 aromatic heterocycles. The molecule has 1 heterocycles. The number of aryl methyl sites for hydroxylation is 1. The predicted octanol–water partition coefficient (Wildman–Crippen LogP) is 3.17.